The number of carbonyl (C=O) groups is 1. The highest BCUT2D eigenvalue weighted by Crippen LogP contribution is 2.59. The molecule has 200 valence electrons. The third-order valence-electron chi connectivity index (χ3n) is 5.77. The van der Waals surface area contributed by atoms with Crippen LogP contribution in [0.25, 0.3) is 11.2 Å². The summed E-state index contributed by atoms with van der Waals surface area (Å²) in [5, 5.41) is 9.03. The number of rotatable bonds is 9. The number of nitrogens with zero attached hydrogens (tertiary/aromatic N) is 4. The van der Waals surface area contributed by atoms with Crippen LogP contribution in [0.1, 0.15) is 33.9 Å². The van der Waals surface area contributed by atoms with Crippen LogP contribution in [0.2, 0.25) is 0 Å². The fourth-order valence-corrected chi connectivity index (χ4v) is 6.16. The number of aliphatic hydroxyl groups is 1. The Bertz CT molecular complexity index is 1180. The minimum Gasteiger partial charge on any atom is -0.476 e. The number of hydrogen-bond donors (Lipinski definition) is 2. The first-order chi connectivity index (χ1) is 16.9. The van der Waals surface area contributed by atoms with E-state index in [1.54, 1.807) is 20.8 Å². The number of hydrogen-bond acceptors (Lipinski definition) is 13. The summed E-state index contributed by atoms with van der Waals surface area (Å²) >= 11 is 0.922. The molecule has 16 heteroatoms. The largest absolute Gasteiger partial charge is 0.476 e. The molecule has 0 radical (unpaired) electrons. The van der Waals surface area contributed by atoms with Crippen molar-refractivity contribution in [1.82, 2.24) is 19.5 Å². The van der Waals surface area contributed by atoms with Crippen LogP contribution in [0.3, 0.4) is 0 Å². The zero-order valence-corrected chi connectivity index (χ0v) is 22.0. The molecule has 0 aromatic carbocycles. The Labute approximate surface area is 210 Å². The van der Waals surface area contributed by atoms with Crippen molar-refractivity contribution in [2.24, 2.45) is 5.41 Å². The van der Waals surface area contributed by atoms with Crippen molar-refractivity contribution in [3.63, 3.8) is 0 Å². The fourth-order valence-electron chi connectivity index (χ4n) is 3.77. The van der Waals surface area contributed by atoms with Gasteiger partial charge in [-0.1, -0.05) is 11.8 Å². The Morgan fingerprint density at radius 3 is 2.92 bits per heavy atom. The predicted molar refractivity (Wildman–Crippen MR) is 127 cm³/mol. The molecule has 2 aliphatic heterocycles. The molecule has 2 fully saturated rings. The molecular weight excluding hydrogens is 520 g/mol. The molecule has 2 aliphatic rings. The number of thioether (sulfide) groups is 1. The first kappa shape index (κ1) is 27.2. The van der Waals surface area contributed by atoms with Crippen LogP contribution in [-0.4, -0.2) is 79.8 Å². The highest BCUT2D eigenvalue weighted by atomic mass is 32.2. The molecule has 4 rings (SSSR count). The summed E-state index contributed by atoms with van der Waals surface area (Å²) < 4.78 is 58.0. The molecule has 2 saturated heterocycles. The summed E-state index contributed by atoms with van der Waals surface area (Å²) in [5.74, 6) is 0.217. The van der Waals surface area contributed by atoms with Gasteiger partial charge >= 0.3 is 7.82 Å². The van der Waals surface area contributed by atoms with Gasteiger partial charge in [0.25, 0.3) is 0 Å². The van der Waals surface area contributed by atoms with Crippen LogP contribution < -0.4 is 10.5 Å². The van der Waals surface area contributed by atoms with Crippen LogP contribution in [0, 0.1) is 5.41 Å². The number of imidazole rings is 1. The summed E-state index contributed by atoms with van der Waals surface area (Å²) in [7, 11) is -4.13. The van der Waals surface area contributed by atoms with Crippen LogP contribution in [0.5, 0.6) is 5.88 Å². The summed E-state index contributed by atoms with van der Waals surface area (Å²) in [6.07, 6.45) is -2.10. The normalized spacial score (nSPS) is 30.4. The first-order valence-corrected chi connectivity index (χ1v) is 13.7. The van der Waals surface area contributed by atoms with Gasteiger partial charge in [-0.25, -0.2) is 13.9 Å². The van der Waals surface area contributed by atoms with Crippen molar-refractivity contribution in [1.29, 1.82) is 0 Å². The second-order valence-electron chi connectivity index (χ2n) is 9.10. The number of fused-ring (bicyclic) bond motifs is 2. The van der Waals surface area contributed by atoms with Crippen LogP contribution >= 0.6 is 19.6 Å². The van der Waals surface area contributed by atoms with Crippen LogP contribution in [0.4, 0.5) is 10.3 Å². The van der Waals surface area contributed by atoms with Crippen molar-refractivity contribution < 1.29 is 41.9 Å². The lowest BCUT2D eigenvalue weighted by atomic mass is 9.97. The molecule has 0 amide bonds. The smallest absolute Gasteiger partial charge is 0.475 e. The Hall–Kier alpha value is -1.87. The van der Waals surface area contributed by atoms with Gasteiger partial charge in [-0.2, -0.15) is 9.97 Å². The molecule has 0 bridgehead atoms. The Morgan fingerprint density at radius 1 is 1.47 bits per heavy atom. The number of alkyl halides is 1. The van der Waals surface area contributed by atoms with E-state index in [2.05, 4.69) is 15.0 Å². The molecule has 0 unspecified atom stereocenters. The Balaban J connectivity index is 1.46. The van der Waals surface area contributed by atoms with Gasteiger partial charge in [-0.3, -0.25) is 22.9 Å². The number of anilines is 1. The number of aliphatic hydroxyl groups excluding tert-OH is 1. The summed E-state index contributed by atoms with van der Waals surface area (Å²) in [5.41, 5.74) is 3.17. The highest BCUT2D eigenvalue weighted by molar-refractivity contribution is 8.13. The van der Waals surface area contributed by atoms with Gasteiger partial charge in [-0.15, -0.1) is 0 Å². The molecule has 2 aromatic rings. The lowest BCUT2D eigenvalue weighted by Gasteiger charge is -2.33. The molecule has 4 heterocycles. The quantitative estimate of drug-likeness (QED) is 0.345. The number of halogens is 1. The van der Waals surface area contributed by atoms with Gasteiger partial charge in [0.15, 0.2) is 28.2 Å². The molecule has 5 atom stereocenters. The second kappa shape index (κ2) is 10.1. The van der Waals surface area contributed by atoms with E-state index in [0.717, 1.165) is 11.8 Å². The average molecular weight is 550 g/mol. The van der Waals surface area contributed by atoms with Crippen molar-refractivity contribution in [2.45, 2.75) is 51.8 Å². The van der Waals surface area contributed by atoms with Crippen molar-refractivity contribution in [3.05, 3.63) is 6.33 Å². The maximum Gasteiger partial charge on any atom is 0.475 e. The van der Waals surface area contributed by atoms with Gasteiger partial charge in [-0.05, 0) is 27.7 Å². The molecule has 0 aliphatic carbocycles. The van der Waals surface area contributed by atoms with Crippen LogP contribution in [0.15, 0.2) is 6.33 Å². The second-order valence-corrected chi connectivity index (χ2v) is 11.8. The van der Waals surface area contributed by atoms with Crippen molar-refractivity contribution in [3.8, 4) is 5.88 Å². The van der Waals surface area contributed by atoms with Crippen LogP contribution in [-0.2, 0) is 27.7 Å². The zero-order chi connectivity index (χ0) is 26.3. The van der Waals surface area contributed by atoms with Gasteiger partial charge in [0, 0.05) is 5.75 Å². The number of nitrogen functional groups attached to an aromatic ring is 1. The average Bonchev–Trinajstić information content (AvgIpc) is 3.34. The van der Waals surface area contributed by atoms with Gasteiger partial charge in [0.2, 0.25) is 11.8 Å². The summed E-state index contributed by atoms with van der Waals surface area (Å²) in [4.78, 5) is 24.5. The molecule has 36 heavy (non-hydrogen) atoms. The number of phosphoric ester groups is 1. The SMILES string of the molecule is CCOc1nc(N)nc2c1ncn2[C@@H]1O[C@@H]2CO[P@](=O)(OCCSC(=O)C(C)(C)CO)O[C@H]2[C@@]1(C)F. The van der Waals surface area contributed by atoms with Gasteiger partial charge in [0.1, 0.15) is 12.2 Å². The topological polar surface area (TPSA) is 170 Å². The summed E-state index contributed by atoms with van der Waals surface area (Å²) in [6.45, 7) is 5.87. The third-order valence-corrected chi connectivity index (χ3v) is 8.41. The van der Waals surface area contributed by atoms with E-state index in [4.69, 9.17) is 28.8 Å². The number of aromatic nitrogens is 4. The molecule has 2 aromatic heterocycles. The van der Waals surface area contributed by atoms with Gasteiger partial charge in [0.05, 0.1) is 38.2 Å². The van der Waals surface area contributed by atoms with E-state index < -0.39 is 37.3 Å². The lowest BCUT2D eigenvalue weighted by molar-refractivity contribution is -0.119. The monoisotopic (exact) mass is 549 g/mol. The maximum atomic E-state index is 16.2. The standard InChI is InChI=1S/C20H29FN5O8PS/c1-5-30-15-12-14(24-18(22)25-15)26(10-23-12)16-20(4,21)13-11(33-16)8-32-35(29,34-13)31-6-7-36-17(28)19(2,3)9-27/h10-11,13,16,27H,5-9H2,1-4H3,(H2,22,24,25)/t11-,13-,16-,20-,35+/m1/s1. The highest BCUT2D eigenvalue weighted by Gasteiger charge is 2.61. The maximum absolute atomic E-state index is 16.2. The zero-order valence-electron chi connectivity index (χ0n) is 20.2. The number of phosphoric acid groups is 1. The molecular formula is C20H29FN5O8PS. The minimum atomic E-state index is -4.13. The van der Waals surface area contributed by atoms with E-state index in [9.17, 15) is 14.5 Å². The van der Waals surface area contributed by atoms with Crippen molar-refractivity contribution >= 4 is 41.8 Å². The van der Waals surface area contributed by atoms with Gasteiger partial charge < -0.3 is 20.3 Å². The predicted octanol–water partition coefficient (Wildman–Crippen LogP) is 2.25. The first-order valence-electron chi connectivity index (χ1n) is 11.2. The van der Waals surface area contributed by atoms with E-state index in [1.165, 1.54) is 17.8 Å². The van der Waals surface area contributed by atoms with E-state index in [-0.39, 0.29) is 53.7 Å². The minimum absolute atomic E-state index is 0.0834. The van der Waals surface area contributed by atoms with E-state index in [0.29, 0.717) is 6.61 Å². The molecule has 0 saturated carbocycles. The van der Waals surface area contributed by atoms with Crippen molar-refractivity contribution in [2.75, 3.05) is 37.9 Å². The number of ether oxygens (including phenoxy) is 2. The Kier molecular flexibility index (Phi) is 7.64. The third kappa shape index (κ3) is 5.10. The molecule has 3 N–H and O–H groups in total. The Morgan fingerprint density at radius 2 is 2.22 bits per heavy atom. The van der Waals surface area contributed by atoms with E-state index >= 15 is 4.39 Å². The number of carbonyl (C=O) groups excluding carboxylic acids is 1. The molecule has 13 nitrogen and oxygen atoms in total. The number of nitrogens with two attached hydrogens (primary N) is 1. The van der Waals surface area contributed by atoms with E-state index in [1.807, 2.05) is 0 Å². The summed E-state index contributed by atoms with van der Waals surface area (Å²) in [6, 6.07) is 0. The fraction of sp³-hybridized carbons (Fsp3) is 0.700. The lowest BCUT2D eigenvalue weighted by Crippen LogP contribution is -2.44. The molecule has 0 spiro atoms.